The number of aliphatic carboxylic acids is 1. The summed E-state index contributed by atoms with van der Waals surface area (Å²) in [6.45, 7) is 9.59. The highest BCUT2D eigenvalue weighted by Gasteiger charge is 2.39. The van der Waals surface area contributed by atoms with Gasteiger partial charge in [-0.05, 0) is 26.2 Å². The first-order valence-electron chi connectivity index (χ1n) is 5.92. The molecule has 0 heterocycles. The van der Waals surface area contributed by atoms with Gasteiger partial charge in [0, 0.05) is 10.5 Å². The molecule has 0 rings (SSSR count). The molecule has 0 aromatic heterocycles. The average molecular weight is 260 g/mol. The summed E-state index contributed by atoms with van der Waals surface area (Å²) >= 11 is 1.62. The fourth-order valence-electron chi connectivity index (χ4n) is 1.96. The van der Waals surface area contributed by atoms with Gasteiger partial charge in [0.1, 0.15) is 0 Å². The minimum atomic E-state index is -0.750. The van der Waals surface area contributed by atoms with E-state index in [1.807, 2.05) is 19.9 Å². The van der Waals surface area contributed by atoms with Crippen LogP contribution < -0.4 is 0 Å². The van der Waals surface area contributed by atoms with E-state index in [4.69, 9.17) is 5.11 Å². The topological polar surface area (TPSA) is 57.5 Å². The van der Waals surface area contributed by atoms with Crippen LogP contribution in [-0.4, -0.2) is 33.3 Å². The predicted molar refractivity (Wildman–Crippen MR) is 73.4 cm³/mol. The van der Waals surface area contributed by atoms with E-state index in [2.05, 4.69) is 6.58 Å². The molecule has 0 aliphatic rings. The number of carboxylic acid groups (broad SMARTS) is 1. The van der Waals surface area contributed by atoms with Crippen LogP contribution in [0.3, 0.4) is 0 Å². The van der Waals surface area contributed by atoms with Crippen molar-refractivity contribution in [1.29, 1.82) is 0 Å². The SMILES string of the molecule is C=CCC(C)(CC(C)(CC)C(=O)O)SCCO. The number of carbonyl (C=O) groups is 1. The Morgan fingerprint density at radius 2 is 2.06 bits per heavy atom. The van der Waals surface area contributed by atoms with Gasteiger partial charge in [0.2, 0.25) is 0 Å². The van der Waals surface area contributed by atoms with E-state index in [9.17, 15) is 9.90 Å². The normalized spacial score (nSPS) is 18.1. The second-order valence-electron chi connectivity index (χ2n) is 4.91. The molecule has 3 nitrogen and oxygen atoms in total. The van der Waals surface area contributed by atoms with Crippen LogP contribution in [0.25, 0.3) is 0 Å². The van der Waals surface area contributed by atoms with E-state index in [0.29, 0.717) is 18.6 Å². The van der Waals surface area contributed by atoms with Gasteiger partial charge in [-0.2, -0.15) is 11.8 Å². The fourth-order valence-corrected chi connectivity index (χ4v) is 3.20. The molecular weight excluding hydrogens is 236 g/mol. The van der Waals surface area contributed by atoms with Gasteiger partial charge in [-0.25, -0.2) is 0 Å². The summed E-state index contributed by atoms with van der Waals surface area (Å²) in [4.78, 5) is 11.3. The van der Waals surface area contributed by atoms with E-state index in [-0.39, 0.29) is 11.4 Å². The molecule has 2 N–H and O–H groups in total. The number of carboxylic acids is 1. The number of allylic oxidation sites excluding steroid dienone is 1. The van der Waals surface area contributed by atoms with Crippen molar-refractivity contribution in [3.05, 3.63) is 12.7 Å². The Morgan fingerprint density at radius 3 is 2.41 bits per heavy atom. The lowest BCUT2D eigenvalue weighted by Gasteiger charge is -2.35. The Morgan fingerprint density at radius 1 is 1.47 bits per heavy atom. The lowest BCUT2D eigenvalue weighted by molar-refractivity contribution is -0.148. The lowest BCUT2D eigenvalue weighted by atomic mass is 9.78. The highest BCUT2D eigenvalue weighted by Crippen LogP contribution is 2.41. The van der Waals surface area contributed by atoms with E-state index in [1.165, 1.54) is 0 Å². The molecule has 100 valence electrons. The first kappa shape index (κ1) is 16.5. The summed E-state index contributed by atoms with van der Waals surface area (Å²) in [5.74, 6) is -0.121. The molecule has 0 aliphatic heterocycles. The number of aliphatic hydroxyl groups is 1. The Balaban J connectivity index is 4.82. The first-order chi connectivity index (χ1) is 7.83. The van der Waals surface area contributed by atoms with Gasteiger partial charge in [0.25, 0.3) is 0 Å². The predicted octanol–water partition coefficient (Wildman–Crippen LogP) is 2.94. The van der Waals surface area contributed by atoms with Gasteiger partial charge in [0.15, 0.2) is 0 Å². The molecule has 0 saturated heterocycles. The minimum Gasteiger partial charge on any atom is -0.481 e. The van der Waals surface area contributed by atoms with Crippen LogP contribution in [0.5, 0.6) is 0 Å². The molecule has 0 saturated carbocycles. The van der Waals surface area contributed by atoms with Crippen molar-refractivity contribution in [1.82, 2.24) is 0 Å². The number of hydrogen-bond donors (Lipinski definition) is 2. The Labute approximate surface area is 108 Å². The molecule has 2 unspecified atom stereocenters. The zero-order chi connectivity index (χ0) is 13.5. The molecule has 2 atom stereocenters. The molecule has 0 aromatic carbocycles. The van der Waals surface area contributed by atoms with Crippen LogP contribution >= 0.6 is 11.8 Å². The van der Waals surface area contributed by atoms with Crippen molar-refractivity contribution in [3.63, 3.8) is 0 Å². The van der Waals surface area contributed by atoms with E-state index < -0.39 is 11.4 Å². The summed E-state index contributed by atoms with van der Waals surface area (Å²) < 4.78 is -0.173. The monoisotopic (exact) mass is 260 g/mol. The zero-order valence-electron chi connectivity index (χ0n) is 11.0. The minimum absolute atomic E-state index is 0.118. The van der Waals surface area contributed by atoms with E-state index >= 15 is 0 Å². The largest absolute Gasteiger partial charge is 0.481 e. The maximum atomic E-state index is 11.3. The third kappa shape index (κ3) is 5.13. The van der Waals surface area contributed by atoms with Crippen LogP contribution in [0.15, 0.2) is 12.7 Å². The molecule has 0 radical (unpaired) electrons. The molecule has 0 aliphatic carbocycles. The Hall–Kier alpha value is -0.480. The molecule has 17 heavy (non-hydrogen) atoms. The number of hydrogen-bond acceptors (Lipinski definition) is 3. The van der Waals surface area contributed by atoms with Crippen molar-refractivity contribution >= 4 is 17.7 Å². The lowest BCUT2D eigenvalue weighted by Crippen LogP contribution is -2.36. The Kier molecular flexibility index (Phi) is 6.87. The van der Waals surface area contributed by atoms with Crippen LogP contribution in [0.4, 0.5) is 0 Å². The van der Waals surface area contributed by atoms with Crippen LogP contribution in [-0.2, 0) is 4.79 Å². The summed E-state index contributed by atoms with van der Waals surface area (Å²) in [5.41, 5.74) is -0.708. The summed E-state index contributed by atoms with van der Waals surface area (Å²) in [6, 6.07) is 0. The summed E-state index contributed by atoms with van der Waals surface area (Å²) in [6.07, 6.45) is 3.76. The van der Waals surface area contributed by atoms with Crippen molar-refractivity contribution in [2.45, 2.75) is 44.8 Å². The third-order valence-corrected chi connectivity index (χ3v) is 4.57. The number of rotatable bonds is 9. The van der Waals surface area contributed by atoms with Gasteiger partial charge in [0.05, 0.1) is 12.0 Å². The highest BCUT2D eigenvalue weighted by molar-refractivity contribution is 8.00. The van der Waals surface area contributed by atoms with Crippen LogP contribution in [0, 0.1) is 5.41 Å². The third-order valence-electron chi connectivity index (χ3n) is 3.18. The van der Waals surface area contributed by atoms with Gasteiger partial charge in [-0.1, -0.05) is 19.9 Å². The summed E-state index contributed by atoms with van der Waals surface area (Å²) in [7, 11) is 0. The average Bonchev–Trinajstić information content (AvgIpc) is 2.26. The van der Waals surface area contributed by atoms with Gasteiger partial charge in [-0.3, -0.25) is 4.79 Å². The van der Waals surface area contributed by atoms with Crippen molar-refractivity contribution in [2.75, 3.05) is 12.4 Å². The summed E-state index contributed by atoms with van der Waals surface area (Å²) in [5, 5.41) is 18.2. The molecule has 0 fully saturated rings. The highest BCUT2D eigenvalue weighted by atomic mass is 32.2. The molecule has 0 aromatic rings. The van der Waals surface area contributed by atoms with Gasteiger partial charge in [-0.15, -0.1) is 6.58 Å². The molecule has 0 amide bonds. The number of thioether (sulfide) groups is 1. The maximum Gasteiger partial charge on any atom is 0.309 e. The quantitative estimate of drug-likeness (QED) is 0.626. The van der Waals surface area contributed by atoms with Crippen molar-refractivity contribution < 1.29 is 15.0 Å². The second kappa shape index (κ2) is 7.07. The molecule has 0 bridgehead atoms. The number of aliphatic hydroxyl groups excluding tert-OH is 1. The molecular formula is C13H24O3S. The fraction of sp³-hybridized carbons (Fsp3) is 0.769. The van der Waals surface area contributed by atoms with Gasteiger partial charge < -0.3 is 10.2 Å². The van der Waals surface area contributed by atoms with Crippen molar-refractivity contribution in [3.8, 4) is 0 Å². The second-order valence-corrected chi connectivity index (χ2v) is 6.59. The first-order valence-corrected chi connectivity index (χ1v) is 6.91. The van der Waals surface area contributed by atoms with Gasteiger partial charge >= 0.3 is 5.97 Å². The maximum absolute atomic E-state index is 11.3. The molecule has 0 spiro atoms. The molecule has 4 heteroatoms. The van der Waals surface area contributed by atoms with E-state index in [1.54, 1.807) is 18.7 Å². The smallest absolute Gasteiger partial charge is 0.309 e. The van der Waals surface area contributed by atoms with Crippen molar-refractivity contribution in [2.24, 2.45) is 5.41 Å². The van der Waals surface area contributed by atoms with E-state index in [0.717, 1.165) is 6.42 Å². The van der Waals surface area contributed by atoms with Crippen LogP contribution in [0.1, 0.15) is 40.0 Å². The Bertz CT molecular complexity index is 267. The van der Waals surface area contributed by atoms with Crippen LogP contribution in [0.2, 0.25) is 0 Å². The zero-order valence-corrected chi connectivity index (χ0v) is 11.8. The standard InChI is InChI=1S/C13H24O3S/c1-5-7-13(4,17-9-8-14)10-12(3,6-2)11(15)16/h5,14H,1,6-10H2,2-4H3,(H,15,16).